The Balaban J connectivity index is 1.49. The first-order chi connectivity index (χ1) is 12.5. The second-order valence-corrected chi connectivity index (χ2v) is 7.13. The summed E-state index contributed by atoms with van der Waals surface area (Å²) in [5.41, 5.74) is 5.10. The highest BCUT2D eigenvalue weighted by Crippen LogP contribution is 2.53. The van der Waals surface area contributed by atoms with Crippen LogP contribution in [0.2, 0.25) is 0 Å². The van der Waals surface area contributed by atoms with Gasteiger partial charge in [-0.1, -0.05) is 0 Å². The van der Waals surface area contributed by atoms with Gasteiger partial charge in [-0.05, 0) is 38.5 Å². The maximum absolute atomic E-state index is 4.71. The van der Waals surface area contributed by atoms with Crippen LogP contribution >= 0.6 is 0 Å². The quantitative estimate of drug-likeness (QED) is 0.567. The van der Waals surface area contributed by atoms with E-state index in [0.29, 0.717) is 23.4 Å². The number of aromatic nitrogens is 8. The first-order valence-electron chi connectivity index (χ1n) is 8.74. The van der Waals surface area contributed by atoms with Crippen molar-refractivity contribution in [2.24, 2.45) is 14.1 Å². The molecule has 132 valence electrons. The summed E-state index contributed by atoms with van der Waals surface area (Å²) in [5.74, 6) is 2.16. The Morgan fingerprint density at radius 3 is 2.54 bits per heavy atom. The first-order valence-corrected chi connectivity index (χ1v) is 8.74. The van der Waals surface area contributed by atoms with Gasteiger partial charge in [0.05, 0.1) is 11.4 Å². The Morgan fingerprint density at radius 2 is 1.77 bits per heavy atom. The van der Waals surface area contributed by atoms with E-state index < -0.39 is 0 Å². The highest BCUT2D eigenvalue weighted by molar-refractivity contribution is 5.54. The van der Waals surface area contributed by atoms with Gasteiger partial charge in [-0.25, -0.2) is 9.50 Å². The van der Waals surface area contributed by atoms with E-state index in [9.17, 15) is 0 Å². The van der Waals surface area contributed by atoms with Crippen molar-refractivity contribution >= 4 is 5.78 Å². The summed E-state index contributed by atoms with van der Waals surface area (Å²) in [4.78, 5) is 9.07. The molecule has 4 aromatic heterocycles. The van der Waals surface area contributed by atoms with E-state index >= 15 is 0 Å². The molecular weight excluding hydrogens is 328 g/mol. The molecule has 0 aromatic carbocycles. The zero-order chi connectivity index (χ0) is 18.0. The minimum absolute atomic E-state index is 0.420. The summed E-state index contributed by atoms with van der Waals surface area (Å²) in [7, 11) is 3.89. The third kappa shape index (κ3) is 2.33. The van der Waals surface area contributed by atoms with Crippen molar-refractivity contribution in [3.8, 4) is 11.5 Å². The lowest BCUT2D eigenvalue weighted by Crippen LogP contribution is -1.98. The van der Waals surface area contributed by atoms with Crippen LogP contribution in [0.3, 0.4) is 0 Å². The third-order valence-electron chi connectivity index (χ3n) is 5.03. The van der Waals surface area contributed by atoms with Gasteiger partial charge in [0.1, 0.15) is 5.69 Å². The Labute approximate surface area is 150 Å². The smallest absolute Gasteiger partial charge is 0.253 e. The molecule has 2 unspecified atom stereocenters. The average molecular weight is 348 g/mol. The van der Waals surface area contributed by atoms with Crippen molar-refractivity contribution in [3.63, 3.8) is 0 Å². The van der Waals surface area contributed by atoms with Crippen LogP contribution in [0.5, 0.6) is 0 Å². The predicted molar refractivity (Wildman–Crippen MR) is 95.8 cm³/mol. The lowest BCUT2D eigenvalue weighted by atomic mass is 10.2. The molecule has 4 aromatic rings. The van der Waals surface area contributed by atoms with Crippen LogP contribution in [0.25, 0.3) is 17.3 Å². The molecule has 4 heterocycles. The minimum atomic E-state index is 0.420. The molecule has 1 aliphatic carbocycles. The van der Waals surface area contributed by atoms with Crippen molar-refractivity contribution in [1.29, 1.82) is 0 Å². The van der Waals surface area contributed by atoms with Crippen molar-refractivity contribution in [1.82, 2.24) is 39.1 Å². The fraction of sp³-hybridized carbons (Fsp3) is 0.389. The van der Waals surface area contributed by atoms with Gasteiger partial charge in [0.15, 0.2) is 0 Å². The molecule has 0 N–H and O–H groups in total. The topological polar surface area (TPSA) is 78.7 Å². The van der Waals surface area contributed by atoms with Crippen molar-refractivity contribution in [2.45, 2.75) is 32.1 Å². The first kappa shape index (κ1) is 15.2. The molecule has 0 aliphatic heterocycles. The number of fused-ring (bicyclic) bond motifs is 1. The Hall–Kier alpha value is -3.03. The van der Waals surface area contributed by atoms with Crippen LogP contribution in [0.4, 0.5) is 0 Å². The SMILES string of the molecule is Cc1cc(C)n2nc(-c3cc(C4CC4c4ccn(C)n4)nn3C)nc2n1. The summed E-state index contributed by atoms with van der Waals surface area (Å²) in [5, 5.41) is 13.9. The van der Waals surface area contributed by atoms with Crippen molar-refractivity contribution in [2.75, 3.05) is 0 Å². The van der Waals surface area contributed by atoms with E-state index in [1.165, 1.54) is 0 Å². The highest BCUT2D eigenvalue weighted by atomic mass is 15.4. The molecule has 1 aliphatic rings. The van der Waals surface area contributed by atoms with Crippen LogP contribution in [-0.4, -0.2) is 39.1 Å². The molecule has 0 amide bonds. The number of hydrogen-bond donors (Lipinski definition) is 0. The molecule has 26 heavy (non-hydrogen) atoms. The highest BCUT2D eigenvalue weighted by Gasteiger charge is 2.43. The largest absolute Gasteiger partial charge is 0.276 e. The monoisotopic (exact) mass is 348 g/mol. The van der Waals surface area contributed by atoms with Gasteiger partial charge in [-0.2, -0.15) is 15.2 Å². The standard InChI is InChI=1S/C18H20N8/c1-10-7-11(2)26-18(19-10)20-17(23-26)16-9-15(22-25(16)4)13-8-12(13)14-5-6-24(3)21-14/h5-7,9,12-13H,8H2,1-4H3. The van der Waals surface area contributed by atoms with Crippen LogP contribution in [0.1, 0.15) is 41.0 Å². The lowest BCUT2D eigenvalue weighted by molar-refractivity contribution is 0.727. The molecular formula is C18H20N8. The average Bonchev–Trinajstić information content (AvgIpc) is 2.90. The maximum Gasteiger partial charge on any atom is 0.253 e. The van der Waals surface area contributed by atoms with Crippen molar-refractivity contribution in [3.05, 3.63) is 47.2 Å². The number of rotatable bonds is 3. The summed E-state index contributed by atoms with van der Waals surface area (Å²) in [6.07, 6.45) is 3.08. The maximum atomic E-state index is 4.71. The zero-order valence-corrected chi connectivity index (χ0v) is 15.2. The number of nitrogens with zero attached hydrogens (tertiary/aromatic N) is 8. The van der Waals surface area contributed by atoms with E-state index in [0.717, 1.165) is 34.9 Å². The molecule has 0 spiro atoms. The fourth-order valence-corrected chi connectivity index (χ4v) is 3.63. The summed E-state index contributed by atoms with van der Waals surface area (Å²) >= 11 is 0. The Bertz CT molecular complexity index is 1130. The van der Waals surface area contributed by atoms with Crippen molar-refractivity contribution < 1.29 is 0 Å². The summed E-state index contributed by atoms with van der Waals surface area (Å²) in [6, 6.07) is 6.20. The van der Waals surface area contributed by atoms with Crippen LogP contribution < -0.4 is 0 Å². The molecule has 8 heteroatoms. The lowest BCUT2D eigenvalue weighted by Gasteiger charge is -1.97. The number of aryl methyl sites for hydroxylation is 4. The molecule has 8 nitrogen and oxygen atoms in total. The van der Waals surface area contributed by atoms with Crippen LogP contribution in [-0.2, 0) is 14.1 Å². The second-order valence-electron chi connectivity index (χ2n) is 7.13. The molecule has 0 bridgehead atoms. The third-order valence-corrected chi connectivity index (χ3v) is 5.03. The van der Waals surface area contributed by atoms with E-state index in [1.807, 2.05) is 49.6 Å². The molecule has 1 saturated carbocycles. The van der Waals surface area contributed by atoms with E-state index in [-0.39, 0.29) is 0 Å². The van der Waals surface area contributed by atoms with Gasteiger partial charge < -0.3 is 0 Å². The number of hydrogen-bond acceptors (Lipinski definition) is 5. The molecule has 1 fully saturated rings. The molecule has 0 saturated heterocycles. The van der Waals surface area contributed by atoms with E-state index in [2.05, 4.69) is 32.3 Å². The van der Waals surface area contributed by atoms with Crippen LogP contribution in [0, 0.1) is 13.8 Å². The second kappa shape index (κ2) is 5.23. The Kier molecular flexibility index (Phi) is 3.07. The Morgan fingerprint density at radius 1 is 0.962 bits per heavy atom. The van der Waals surface area contributed by atoms with Gasteiger partial charge in [0, 0.05) is 43.5 Å². The van der Waals surface area contributed by atoms with Gasteiger partial charge in [0.2, 0.25) is 5.82 Å². The molecule has 0 radical (unpaired) electrons. The summed E-state index contributed by atoms with van der Waals surface area (Å²) in [6.45, 7) is 3.98. The van der Waals surface area contributed by atoms with Gasteiger partial charge >= 0.3 is 0 Å². The fourth-order valence-electron chi connectivity index (χ4n) is 3.63. The summed E-state index contributed by atoms with van der Waals surface area (Å²) < 4.78 is 5.50. The van der Waals surface area contributed by atoms with Gasteiger partial charge in [0.25, 0.3) is 5.78 Å². The van der Waals surface area contributed by atoms with Gasteiger partial charge in [-0.15, -0.1) is 5.10 Å². The molecule has 2 atom stereocenters. The predicted octanol–water partition coefficient (Wildman–Crippen LogP) is 2.15. The van der Waals surface area contributed by atoms with E-state index in [1.54, 1.807) is 4.52 Å². The zero-order valence-electron chi connectivity index (χ0n) is 15.2. The minimum Gasteiger partial charge on any atom is -0.276 e. The molecule has 5 rings (SSSR count). The van der Waals surface area contributed by atoms with Crippen LogP contribution in [0.15, 0.2) is 24.4 Å². The van der Waals surface area contributed by atoms with E-state index in [4.69, 9.17) is 5.10 Å². The van der Waals surface area contributed by atoms with Gasteiger partial charge in [-0.3, -0.25) is 9.36 Å². The normalized spacial score (nSPS) is 19.4.